The number of aromatic nitrogens is 2. The molecule has 6 heteroatoms. The minimum absolute atomic E-state index is 0.379. The molecule has 1 aromatic heterocycles. The maximum Gasteiger partial charge on any atom is 0.225 e. The fourth-order valence-corrected chi connectivity index (χ4v) is 3.72. The van der Waals surface area contributed by atoms with Crippen molar-refractivity contribution in [3.05, 3.63) is 18.5 Å². The van der Waals surface area contributed by atoms with Crippen molar-refractivity contribution >= 4 is 11.9 Å². The van der Waals surface area contributed by atoms with Crippen LogP contribution in [0.5, 0.6) is 0 Å². The van der Waals surface area contributed by atoms with Crippen LogP contribution in [0.1, 0.15) is 33.6 Å². The third-order valence-corrected chi connectivity index (χ3v) is 5.61. The molecular formula is C17H28N6. The lowest BCUT2D eigenvalue weighted by molar-refractivity contribution is 0.331. The van der Waals surface area contributed by atoms with E-state index < -0.39 is 0 Å². The van der Waals surface area contributed by atoms with Crippen molar-refractivity contribution in [2.24, 2.45) is 22.1 Å². The van der Waals surface area contributed by atoms with Gasteiger partial charge in [-0.1, -0.05) is 20.8 Å². The van der Waals surface area contributed by atoms with Gasteiger partial charge in [0.1, 0.15) is 0 Å². The summed E-state index contributed by atoms with van der Waals surface area (Å²) in [5, 5.41) is 0. The van der Waals surface area contributed by atoms with Gasteiger partial charge in [0, 0.05) is 38.6 Å². The molecule has 23 heavy (non-hydrogen) atoms. The summed E-state index contributed by atoms with van der Waals surface area (Å²) >= 11 is 0. The van der Waals surface area contributed by atoms with Gasteiger partial charge in [-0.15, -0.1) is 0 Å². The molecule has 0 amide bonds. The second kappa shape index (κ2) is 6.34. The Bertz CT molecular complexity index is 549. The molecule has 6 nitrogen and oxygen atoms in total. The van der Waals surface area contributed by atoms with Crippen LogP contribution in [-0.2, 0) is 0 Å². The topological polar surface area (TPSA) is 70.6 Å². The van der Waals surface area contributed by atoms with Gasteiger partial charge in [0.2, 0.25) is 5.95 Å². The van der Waals surface area contributed by atoms with Gasteiger partial charge >= 0.3 is 0 Å². The van der Waals surface area contributed by atoms with E-state index in [4.69, 9.17) is 10.7 Å². The molecule has 2 fully saturated rings. The molecule has 1 aliphatic heterocycles. The Balaban J connectivity index is 1.57. The van der Waals surface area contributed by atoms with Gasteiger partial charge in [-0.05, 0) is 30.2 Å². The van der Waals surface area contributed by atoms with E-state index in [1.54, 1.807) is 12.4 Å². The first-order valence-corrected chi connectivity index (χ1v) is 8.67. The molecule has 0 spiro atoms. The molecular weight excluding hydrogens is 288 g/mol. The first-order chi connectivity index (χ1) is 11.1. The number of rotatable bonds is 4. The molecule has 1 saturated carbocycles. The van der Waals surface area contributed by atoms with Crippen molar-refractivity contribution in [3.63, 3.8) is 0 Å². The highest BCUT2D eigenvalue weighted by Crippen LogP contribution is 2.56. The standard InChI is InChI=1S/C17H28N6/c1-4-17(13(2)3)12-14(17)21-15(18)22-8-10-23(11-9-22)16-19-6-5-7-20-16/h5-7,13-14H,4,8-12H2,1-3H3,(H2,18,21). The number of nitrogens with zero attached hydrogens (tertiary/aromatic N) is 5. The van der Waals surface area contributed by atoms with Crippen LogP contribution in [0.15, 0.2) is 23.5 Å². The Morgan fingerprint density at radius 2 is 1.96 bits per heavy atom. The zero-order valence-electron chi connectivity index (χ0n) is 14.4. The predicted molar refractivity (Wildman–Crippen MR) is 93.4 cm³/mol. The van der Waals surface area contributed by atoms with Crippen LogP contribution in [0.25, 0.3) is 0 Å². The summed E-state index contributed by atoms with van der Waals surface area (Å²) < 4.78 is 0. The van der Waals surface area contributed by atoms with E-state index in [2.05, 4.69) is 40.5 Å². The molecule has 1 aromatic rings. The Morgan fingerprint density at radius 3 is 2.48 bits per heavy atom. The van der Waals surface area contributed by atoms with Crippen molar-refractivity contribution in [2.75, 3.05) is 31.1 Å². The SMILES string of the molecule is CCC1(C(C)C)CC1N=C(N)N1CCN(c2ncccn2)CC1. The van der Waals surface area contributed by atoms with Gasteiger partial charge < -0.3 is 15.5 Å². The molecule has 3 rings (SSSR count). The average molecular weight is 316 g/mol. The smallest absolute Gasteiger partial charge is 0.225 e. The average Bonchev–Trinajstić information content (AvgIpc) is 3.30. The quantitative estimate of drug-likeness (QED) is 0.677. The van der Waals surface area contributed by atoms with Gasteiger partial charge in [-0.25, -0.2) is 15.0 Å². The van der Waals surface area contributed by atoms with E-state index in [0.717, 1.165) is 32.1 Å². The number of guanidine groups is 1. The molecule has 0 bridgehead atoms. The van der Waals surface area contributed by atoms with Crippen molar-refractivity contribution in [1.29, 1.82) is 0 Å². The summed E-state index contributed by atoms with van der Waals surface area (Å²) in [5.41, 5.74) is 6.65. The number of piperazine rings is 1. The van der Waals surface area contributed by atoms with Crippen molar-refractivity contribution < 1.29 is 0 Å². The molecule has 2 N–H and O–H groups in total. The summed E-state index contributed by atoms with van der Waals surface area (Å²) in [7, 11) is 0. The molecule has 2 unspecified atom stereocenters. The van der Waals surface area contributed by atoms with E-state index in [0.29, 0.717) is 23.3 Å². The monoisotopic (exact) mass is 316 g/mol. The number of hydrogen-bond acceptors (Lipinski definition) is 4. The summed E-state index contributed by atoms with van der Waals surface area (Å²) in [6.45, 7) is 10.4. The number of hydrogen-bond donors (Lipinski definition) is 1. The second-order valence-corrected chi connectivity index (χ2v) is 6.97. The van der Waals surface area contributed by atoms with Crippen LogP contribution in [-0.4, -0.2) is 53.0 Å². The van der Waals surface area contributed by atoms with Gasteiger partial charge in [-0.2, -0.15) is 0 Å². The summed E-state index contributed by atoms with van der Waals surface area (Å²) in [5.74, 6) is 2.18. The lowest BCUT2D eigenvalue weighted by Gasteiger charge is -2.35. The maximum atomic E-state index is 6.28. The van der Waals surface area contributed by atoms with E-state index >= 15 is 0 Å². The van der Waals surface area contributed by atoms with Crippen LogP contribution < -0.4 is 10.6 Å². The number of nitrogens with two attached hydrogens (primary N) is 1. The number of aliphatic imine (C=N–C) groups is 1. The van der Waals surface area contributed by atoms with Crippen molar-refractivity contribution in [3.8, 4) is 0 Å². The molecule has 126 valence electrons. The Morgan fingerprint density at radius 1 is 1.30 bits per heavy atom. The first-order valence-electron chi connectivity index (χ1n) is 8.67. The first kappa shape index (κ1) is 16.0. The predicted octanol–water partition coefficient (Wildman–Crippen LogP) is 1.74. The van der Waals surface area contributed by atoms with E-state index in [-0.39, 0.29) is 0 Å². The van der Waals surface area contributed by atoms with E-state index in [1.807, 2.05) is 6.07 Å². The lowest BCUT2D eigenvalue weighted by Crippen LogP contribution is -2.51. The van der Waals surface area contributed by atoms with Crippen LogP contribution in [0.4, 0.5) is 5.95 Å². The minimum Gasteiger partial charge on any atom is -0.370 e. The van der Waals surface area contributed by atoms with Crippen molar-refractivity contribution in [1.82, 2.24) is 14.9 Å². The summed E-state index contributed by atoms with van der Waals surface area (Å²) in [6, 6.07) is 2.25. The van der Waals surface area contributed by atoms with Gasteiger partial charge in [0.15, 0.2) is 5.96 Å². The second-order valence-electron chi connectivity index (χ2n) is 6.97. The van der Waals surface area contributed by atoms with E-state index in [9.17, 15) is 0 Å². The van der Waals surface area contributed by atoms with Gasteiger partial charge in [0.05, 0.1) is 6.04 Å². The summed E-state index contributed by atoms with van der Waals surface area (Å²) in [4.78, 5) is 17.8. The minimum atomic E-state index is 0.379. The molecule has 2 heterocycles. The number of anilines is 1. The molecule has 1 aliphatic carbocycles. The normalized spacial score (nSPS) is 28.3. The maximum absolute atomic E-state index is 6.28. The van der Waals surface area contributed by atoms with E-state index in [1.165, 1.54) is 12.8 Å². The highest BCUT2D eigenvalue weighted by Gasteiger charge is 2.55. The van der Waals surface area contributed by atoms with Crippen LogP contribution in [0, 0.1) is 11.3 Å². The third-order valence-electron chi connectivity index (χ3n) is 5.61. The van der Waals surface area contributed by atoms with Gasteiger partial charge in [-0.3, -0.25) is 0 Å². The fraction of sp³-hybridized carbons (Fsp3) is 0.706. The van der Waals surface area contributed by atoms with Gasteiger partial charge in [0.25, 0.3) is 0 Å². The fourth-order valence-electron chi connectivity index (χ4n) is 3.72. The molecule has 0 aromatic carbocycles. The molecule has 0 radical (unpaired) electrons. The zero-order chi connectivity index (χ0) is 16.4. The Labute approximate surface area is 138 Å². The highest BCUT2D eigenvalue weighted by molar-refractivity contribution is 5.79. The molecule has 1 saturated heterocycles. The van der Waals surface area contributed by atoms with Crippen LogP contribution in [0.3, 0.4) is 0 Å². The molecule has 2 atom stereocenters. The largest absolute Gasteiger partial charge is 0.370 e. The highest BCUT2D eigenvalue weighted by atomic mass is 15.4. The Kier molecular flexibility index (Phi) is 4.41. The summed E-state index contributed by atoms with van der Waals surface area (Å²) in [6.07, 6.45) is 5.94. The Hall–Kier alpha value is -1.85. The lowest BCUT2D eigenvalue weighted by atomic mass is 9.89. The third kappa shape index (κ3) is 3.12. The van der Waals surface area contributed by atoms with Crippen molar-refractivity contribution in [2.45, 2.75) is 39.7 Å². The van der Waals surface area contributed by atoms with Crippen LogP contribution in [0.2, 0.25) is 0 Å². The van der Waals surface area contributed by atoms with Crippen LogP contribution >= 0.6 is 0 Å². The zero-order valence-corrected chi connectivity index (χ0v) is 14.4. The molecule has 2 aliphatic rings.